The number of carbonyl (C=O) groups excluding carboxylic acids is 1. The van der Waals surface area contributed by atoms with Gasteiger partial charge < -0.3 is 15.8 Å². The van der Waals surface area contributed by atoms with Crippen LogP contribution in [-0.4, -0.2) is 19.1 Å². The summed E-state index contributed by atoms with van der Waals surface area (Å²) in [6, 6.07) is 7.41. The lowest BCUT2D eigenvalue weighted by Crippen LogP contribution is -2.50. The minimum absolute atomic E-state index is 0.386. The molecule has 3 N–H and O–H groups in total. The number of hydrogen-bond donors (Lipinski definition) is 2. The van der Waals surface area contributed by atoms with Crippen molar-refractivity contribution in [2.24, 2.45) is 5.73 Å². The second kappa shape index (κ2) is 5.68. The van der Waals surface area contributed by atoms with E-state index in [4.69, 9.17) is 10.5 Å². The molecule has 0 bridgehead atoms. The number of rotatable bonds is 6. The molecule has 1 rings (SSSR count). The molecule has 94 valence electrons. The fourth-order valence-corrected chi connectivity index (χ4v) is 1.74. The molecule has 1 amide bonds. The van der Waals surface area contributed by atoms with Crippen molar-refractivity contribution < 1.29 is 9.53 Å². The molecule has 0 aromatic heterocycles. The van der Waals surface area contributed by atoms with Gasteiger partial charge in [0.15, 0.2) is 0 Å². The fraction of sp³-hybridized carbons (Fsp3) is 0.462. The van der Waals surface area contributed by atoms with Crippen molar-refractivity contribution in [1.29, 1.82) is 0 Å². The summed E-state index contributed by atoms with van der Waals surface area (Å²) < 4.78 is 5.36. The summed E-state index contributed by atoms with van der Waals surface area (Å²) in [5.74, 6) is 0.406. The molecule has 0 fully saturated rings. The van der Waals surface area contributed by atoms with Crippen molar-refractivity contribution in [1.82, 2.24) is 5.32 Å². The van der Waals surface area contributed by atoms with Gasteiger partial charge in [-0.2, -0.15) is 0 Å². The molecular weight excluding hydrogens is 216 g/mol. The average molecular weight is 236 g/mol. The highest BCUT2D eigenvalue weighted by Crippen LogP contribution is 2.23. The van der Waals surface area contributed by atoms with Crippen LogP contribution in [0.3, 0.4) is 0 Å². The number of nitrogens with one attached hydrogen (secondary N) is 1. The zero-order valence-corrected chi connectivity index (χ0v) is 10.6. The molecular formula is C13H20N2O2. The van der Waals surface area contributed by atoms with Gasteiger partial charge >= 0.3 is 0 Å². The van der Waals surface area contributed by atoms with E-state index in [0.29, 0.717) is 13.2 Å². The van der Waals surface area contributed by atoms with E-state index in [1.807, 2.05) is 38.1 Å². The Labute approximate surface area is 102 Å². The van der Waals surface area contributed by atoms with Crippen LogP contribution < -0.4 is 15.8 Å². The number of likely N-dealkylation sites (N-methyl/N-ethyl adjacent to an activating group) is 1. The van der Waals surface area contributed by atoms with Gasteiger partial charge in [0.2, 0.25) is 5.91 Å². The first-order chi connectivity index (χ1) is 8.04. The Kier molecular flexibility index (Phi) is 4.52. The standard InChI is InChI=1S/C13H20N2O2/c1-4-15-13(3,12(14)16)10-6-8-11(9-7-10)17-5-2/h6-9,15H,4-5H2,1-3H3,(H2,14,16). The lowest BCUT2D eigenvalue weighted by molar-refractivity contribution is -0.124. The number of ether oxygens (including phenoxy) is 1. The molecule has 4 nitrogen and oxygen atoms in total. The van der Waals surface area contributed by atoms with Crippen LogP contribution in [0, 0.1) is 0 Å². The average Bonchev–Trinajstić information content (AvgIpc) is 2.30. The van der Waals surface area contributed by atoms with Crippen LogP contribution in [0.4, 0.5) is 0 Å². The number of hydrogen-bond acceptors (Lipinski definition) is 3. The third-order valence-electron chi connectivity index (χ3n) is 2.77. The predicted octanol–water partition coefficient (Wildman–Crippen LogP) is 1.40. The van der Waals surface area contributed by atoms with E-state index in [0.717, 1.165) is 11.3 Å². The number of carbonyl (C=O) groups is 1. The largest absolute Gasteiger partial charge is 0.494 e. The molecule has 0 saturated heterocycles. The predicted molar refractivity (Wildman–Crippen MR) is 67.8 cm³/mol. The third kappa shape index (κ3) is 2.97. The normalized spacial score (nSPS) is 14.1. The summed E-state index contributed by atoms with van der Waals surface area (Å²) >= 11 is 0. The first-order valence-corrected chi connectivity index (χ1v) is 5.82. The number of primary amides is 1. The maximum Gasteiger partial charge on any atom is 0.242 e. The van der Waals surface area contributed by atoms with Crippen molar-refractivity contribution in [3.63, 3.8) is 0 Å². The zero-order chi connectivity index (χ0) is 12.9. The first-order valence-electron chi connectivity index (χ1n) is 5.82. The molecule has 0 aliphatic carbocycles. The highest BCUT2D eigenvalue weighted by atomic mass is 16.5. The van der Waals surface area contributed by atoms with E-state index in [9.17, 15) is 4.79 Å². The highest BCUT2D eigenvalue weighted by molar-refractivity contribution is 5.85. The van der Waals surface area contributed by atoms with Crippen LogP contribution in [-0.2, 0) is 10.3 Å². The van der Waals surface area contributed by atoms with E-state index >= 15 is 0 Å². The van der Waals surface area contributed by atoms with Crippen LogP contribution in [0.2, 0.25) is 0 Å². The molecule has 0 heterocycles. The van der Waals surface area contributed by atoms with Crippen molar-refractivity contribution in [2.45, 2.75) is 26.3 Å². The van der Waals surface area contributed by atoms with Crippen molar-refractivity contribution in [2.75, 3.05) is 13.2 Å². The molecule has 17 heavy (non-hydrogen) atoms. The Morgan fingerprint density at radius 3 is 2.35 bits per heavy atom. The molecule has 0 saturated carbocycles. The van der Waals surface area contributed by atoms with Crippen molar-refractivity contribution >= 4 is 5.91 Å². The Hall–Kier alpha value is -1.55. The van der Waals surface area contributed by atoms with Crippen LogP contribution >= 0.6 is 0 Å². The fourth-order valence-electron chi connectivity index (χ4n) is 1.74. The van der Waals surface area contributed by atoms with E-state index in [-0.39, 0.29) is 5.91 Å². The van der Waals surface area contributed by atoms with Gasteiger partial charge in [0.25, 0.3) is 0 Å². The maximum atomic E-state index is 11.6. The summed E-state index contributed by atoms with van der Waals surface area (Å²) in [7, 11) is 0. The summed E-state index contributed by atoms with van der Waals surface area (Å²) in [5.41, 5.74) is 5.46. The van der Waals surface area contributed by atoms with Crippen LogP contribution in [0.5, 0.6) is 5.75 Å². The molecule has 0 aliphatic heterocycles. The van der Waals surface area contributed by atoms with Crippen molar-refractivity contribution in [3.8, 4) is 5.75 Å². The topological polar surface area (TPSA) is 64.3 Å². The number of benzene rings is 1. The molecule has 0 aliphatic rings. The molecule has 1 aromatic carbocycles. The van der Waals surface area contributed by atoms with Gasteiger partial charge in [0.1, 0.15) is 11.3 Å². The minimum Gasteiger partial charge on any atom is -0.494 e. The number of amides is 1. The zero-order valence-electron chi connectivity index (χ0n) is 10.6. The smallest absolute Gasteiger partial charge is 0.242 e. The van der Waals surface area contributed by atoms with E-state index < -0.39 is 5.54 Å². The van der Waals surface area contributed by atoms with Gasteiger partial charge in [0.05, 0.1) is 6.61 Å². The Balaban J connectivity index is 2.99. The van der Waals surface area contributed by atoms with Crippen LogP contribution in [0.25, 0.3) is 0 Å². The molecule has 1 unspecified atom stereocenters. The van der Waals surface area contributed by atoms with Gasteiger partial charge in [-0.25, -0.2) is 0 Å². The van der Waals surface area contributed by atoms with Crippen molar-refractivity contribution in [3.05, 3.63) is 29.8 Å². The highest BCUT2D eigenvalue weighted by Gasteiger charge is 2.31. The Morgan fingerprint density at radius 2 is 1.94 bits per heavy atom. The number of nitrogens with two attached hydrogens (primary N) is 1. The minimum atomic E-state index is -0.834. The van der Waals surface area contributed by atoms with E-state index in [1.54, 1.807) is 6.92 Å². The van der Waals surface area contributed by atoms with E-state index in [1.165, 1.54) is 0 Å². The summed E-state index contributed by atoms with van der Waals surface area (Å²) in [6.07, 6.45) is 0. The third-order valence-corrected chi connectivity index (χ3v) is 2.77. The van der Waals surface area contributed by atoms with Crippen LogP contribution in [0.15, 0.2) is 24.3 Å². The lowest BCUT2D eigenvalue weighted by atomic mass is 9.91. The Bertz CT molecular complexity index is 376. The molecule has 1 atom stereocenters. The van der Waals surface area contributed by atoms with Gasteiger partial charge in [0, 0.05) is 0 Å². The van der Waals surface area contributed by atoms with Crippen LogP contribution in [0.1, 0.15) is 26.3 Å². The van der Waals surface area contributed by atoms with Gasteiger partial charge in [-0.1, -0.05) is 19.1 Å². The summed E-state index contributed by atoms with van der Waals surface area (Å²) in [6.45, 7) is 6.96. The molecule has 4 heteroatoms. The Morgan fingerprint density at radius 1 is 1.35 bits per heavy atom. The maximum absolute atomic E-state index is 11.6. The molecule has 1 aromatic rings. The van der Waals surface area contributed by atoms with Gasteiger partial charge in [-0.3, -0.25) is 4.79 Å². The van der Waals surface area contributed by atoms with E-state index in [2.05, 4.69) is 5.32 Å². The molecule has 0 spiro atoms. The monoisotopic (exact) mass is 236 g/mol. The lowest BCUT2D eigenvalue weighted by Gasteiger charge is -2.27. The van der Waals surface area contributed by atoms with Gasteiger partial charge in [-0.05, 0) is 38.1 Å². The summed E-state index contributed by atoms with van der Waals surface area (Å²) in [5, 5.41) is 3.11. The van der Waals surface area contributed by atoms with Gasteiger partial charge in [-0.15, -0.1) is 0 Å². The second-order valence-electron chi connectivity index (χ2n) is 3.98. The SMILES string of the molecule is CCNC(C)(C(N)=O)c1ccc(OCC)cc1. The summed E-state index contributed by atoms with van der Waals surface area (Å²) in [4.78, 5) is 11.6. The second-order valence-corrected chi connectivity index (χ2v) is 3.98. The first kappa shape index (κ1) is 13.5. The molecule has 0 radical (unpaired) electrons. The quantitative estimate of drug-likeness (QED) is 0.784.